The largest absolute Gasteiger partial charge is 0.478 e. The predicted molar refractivity (Wildman–Crippen MR) is 86.5 cm³/mol. The zero-order valence-electron chi connectivity index (χ0n) is 12.9. The molecule has 0 spiro atoms. The lowest BCUT2D eigenvalue weighted by atomic mass is 10.2. The zero-order chi connectivity index (χ0) is 16.0. The summed E-state index contributed by atoms with van der Waals surface area (Å²) in [7, 11) is 0. The number of carboxylic acid groups (broad SMARTS) is 1. The van der Waals surface area contributed by atoms with Crippen molar-refractivity contribution in [1.29, 1.82) is 0 Å². The summed E-state index contributed by atoms with van der Waals surface area (Å²) >= 11 is 0. The lowest BCUT2D eigenvalue weighted by molar-refractivity contribution is 0.0697. The Kier molecular flexibility index (Phi) is 3.18. The maximum atomic E-state index is 11.2. The van der Waals surface area contributed by atoms with E-state index in [0.29, 0.717) is 11.6 Å². The highest BCUT2D eigenvalue weighted by Crippen LogP contribution is 2.37. The van der Waals surface area contributed by atoms with Gasteiger partial charge in [0.05, 0.1) is 22.9 Å². The lowest BCUT2D eigenvalue weighted by Crippen LogP contribution is -2.07. The number of aromatic nitrogens is 4. The smallest absolute Gasteiger partial charge is 0.335 e. The number of carboxylic acids is 1. The first-order chi connectivity index (χ1) is 11.1. The summed E-state index contributed by atoms with van der Waals surface area (Å²) in [5.74, 6) is -0.104. The molecule has 23 heavy (non-hydrogen) atoms. The van der Waals surface area contributed by atoms with E-state index in [4.69, 9.17) is 4.98 Å². The number of aromatic carboxylic acids is 1. The number of aryl methyl sites for hydroxylation is 1. The molecule has 3 aromatic rings. The van der Waals surface area contributed by atoms with Crippen molar-refractivity contribution in [3.63, 3.8) is 0 Å². The summed E-state index contributed by atoms with van der Waals surface area (Å²) in [4.78, 5) is 23.5. The maximum Gasteiger partial charge on any atom is 0.335 e. The van der Waals surface area contributed by atoms with Crippen LogP contribution in [0.15, 0.2) is 24.5 Å². The molecular formula is C17H18N4O2. The molecule has 2 aromatic heterocycles. The quantitative estimate of drug-likeness (QED) is 0.775. The Hall–Kier alpha value is -2.63. The average molecular weight is 310 g/mol. The molecule has 0 amide bonds. The van der Waals surface area contributed by atoms with Gasteiger partial charge >= 0.3 is 5.97 Å². The third-order valence-corrected chi connectivity index (χ3v) is 4.67. The molecule has 0 radical (unpaired) electrons. The lowest BCUT2D eigenvalue weighted by Gasteiger charge is -2.16. The minimum Gasteiger partial charge on any atom is -0.478 e. The Morgan fingerprint density at radius 2 is 2.13 bits per heavy atom. The molecule has 1 fully saturated rings. The van der Waals surface area contributed by atoms with Crippen LogP contribution in [0.5, 0.6) is 0 Å². The van der Waals surface area contributed by atoms with Crippen molar-refractivity contribution in [3.05, 3.63) is 35.8 Å². The van der Waals surface area contributed by atoms with Gasteiger partial charge in [0.1, 0.15) is 5.69 Å². The monoisotopic (exact) mass is 310 g/mol. The number of benzene rings is 1. The Morgan fingerprint density at radius 3 is 2.78 bits per heavy atom. The second-order valence-electron chi connectivity index (χ2n) is 6.13. The van der Waals surface area contributed by atoms with E-state index in [1.165, 1.54) is 12.8 Å². The highest BCUT2D eigenvalue weighted by molar-refractivity contribution is 5.93. The SMILES string of the molecule is Cc1[nH]cnc1-c1nc2cc(C(=O)O)ccc2n1C1CCCC1. The Morgan fingerprint density at radius 1 is 1.35 bits per heavy atom. The molecule has 1 saturated carbocycles. The number of H-pyrrole nitrogens is 1. The average Bonchev–Trinajstić information content (AvgIpc) is 3.23. The maximum absolute atomic E-state index is 11.2. The van der Waals surface area contributed by atoms with Crippen molar-refractivity contribution in [2.45, 2.75) is 38.6 Å². The van der Waals surface area contributed by atoms with Gasteiger partial charge in [0.2, 0.25) is 0 Å². The summed E-state index contributed by atoms with van der Waals surface area (Å²) in [6.07, 6.45) is 6.37. The van der Waals surface area contributed by atoms with Crippen LogP contribution in [0.3, 0.4) is 0 Å². The summed E-state index contributed by atoms with van der Waals surface area (Å²) in [6, 6.07) is 5.57. The summed E-state index contributed by atoms with van der Waals surface area (Å²) in [5.41, 5.74) is 3.77. The van der Waals surface area contributed by atoms with Crippen LogP contribution in [-0.4, -0.2) is 30.6 Å². The van der Waals surface area contributed by atoms with Gasteiger partial charge in [-0.05, 0) is 38.0 Å². The van der Waals surface area contributed by atoms with Crippen molar-refractivity contribution in [1.82, 2.24) is 19.5 Å². The topological polar surface area (TPSA) is 83.8 Å². The number of imidazole rings is 2. The van der Waals surface area contributed by atoms with Crippen LogP contribution in [-0.2, 0) is 0 Å². The van der Waals surface area contributed by atoms with Gasteiger partial charge in [-0.1, -0.05) is 12.8 Å². The van der Waals surface area contributed by atoms with Crippen molar-refractivity contribution in [2.24, 2.45) is 0 Å². The molecule has 2 heterocycles. The van der Waals surface area contributed by atoms with Crippen LogP contribution in [0.2, 0.25) is 0 Å². The van der Waals surface area contributed by atoms with Gasteiger partial charge < -0.3 is 14.7 Å². The zero-order valence-corrected chi connectivity index (χ0v) is 12.9. The normalized spacial score (nSPS) is 15.5. The second kappa shape index (κ2) is 5.22. The van der Waals surface area contributed by atoms with Crippen molar-refractivity contribution in [3.8, 4) is 11.5 Å². The third-order valence-electron chi connectivity index (χ3n) is 4.67. The van der Waals surface area contributed by atoms with Gasteiger partial charge in [0.25, 0.3) is 0 Å². The molecule has 1 aromatic carbocycles. The number of carbonyl (C=O) groups is 1. The molecule has 0 unspecified atom stereocenters. The van der Waals surface area contributed by atoms with E-state index < -0.39 is 5.97 Å². The van der Waals surface area contributed by atoms with Gasteiger partial charge in [-0.25, -0.2) is 14.8 Å². The minimum absolute atomic E-state index is 0.263. The number of aromatic amines is 1. The van der Waals surface area contributed by atoms with E-state index >= 15 is 0 Å². The van der Waals surface area contributed by atoms with Gasteiger partial charge in [-0.15, -0.1) is 0 Å². The van der Waals surface area contributed by atoms with E-state index in [0.717, 1.165) is 35.6 Å². The molecule has 1 aliphatic rings. The second-order valence-corrected chi connectivity index (χ2v) is 6.13. The fourth-order valence-corrected chi connectivity index (χ4v) is 3.52. The fraction of sp³-hybridized carbons (Fsp3) is 0.353. The van der Waals surface area contributed by atoms with Crippen molar-refractivity contribution < 1.29 is 9.90 Å². The number of hydrogen-bond acceptors (Lipinski definition) is 3. The van der Waals surface area contributed by atoms with Crippen LogP contribution in [0.1, 0.15) is 47.8 Å². The summed E-state index contributed by atoms with van der Waals surface area (Å²) in [6.45, 7) is 1.98. The highest BCUT2D eigenvalue weighted by Gasteiger charge is 2.25. The standard InChI is InChI=1S/C17H18N4O2/c1-10-15(19-9-18-10)16-20-13-8-11(17(22)23)6-7-14(13)21(16)12-4-2-3-5-12/h6-9,12H,2-5H2,1H3,(H,18,19)(H,22,23). The number of rotatable bonds is 3. The van der Waals surface area contributed by atoms with Crippen LogP contribution in [0, 0.1) is 6.92 Å². The summed E-state index contributed by atoms with van der Waals surface area (Å²) in [5, 5.41) is 9.21. The predicted octanol–water partition coefficient (Wildman–Crippen LogP) is 3.55. The van der Waals surface area contributed by atoms with E-state index in [2.05, 4.69) is 14.5 Å². The molecule has 0 atom stereocenters. The van der Waals surface area contributed by atoms with Crippen molar-refractivity contribution >= 4 is 17.0 Å². The van der Waals surface area contributed by atoms with Gasteiger partial charge in [0.15, 0.2) is 5.82 Å². The van der Waals surface area contributed by atoms with Crippen LogP contribution >= 0.6 is 0 Å². The van der Waals surface area contributed by atoms with E-state index in [1.54, 1.807) is 18.5 Å². The Labute approximate surface area is 133 Å². The summed E-state index contributed by atoms with van der Waals surface area (Å²) < 4.78 is 2.25. The molecule has 1 aliphatic carbocycles. The Bertz CT molecular complexity index is 887. The third kappa shape index (κ3) is 2.21. The van der Waals surface area contributed by atoms with Crippen LogP contribution in [0.25, 0.3) is 22.6 Å². The molecule has 6 nitrogen and oxygen atoms in total. The first-order valence-corrected chi connectivity index (χ1v) is 7.91. The van der Waals surface area contributed by atoms with Crippen LogP contribution < -0.4 is 0 Å². The first-order valence-electron chi connectivity index (χ1n) is 7.91. The van der Waals surface area contributed by atoms with Gasteiger partial charge in [-0.3, -0.25) is 0 Å². The van der Waals surface area contributed by atoms with Crippen molar-refractivity contribution in [2.75, 3.05) is 0 Å². The fourth-order valence-electron chi connectivity index (χ4n) is 3.52. The number of fused-ring (bicyclic) bond motifs is 1. The van der Waals surface area contributed by atoms with Gasteiger partial charge in [-0.2, -0.15) is 0 Å². The number of hydrogen-bond donors (Lipinski definition) is 2. The van der Waals surface area contributed by atoms with E-state index in [1.807, 2.05) is 13.0 Å². The van der Waals surface area contributed by atoms with Crippen LogP contribution in [0.4, 0.5) is 0 Å². The molecule has 2 N–H and O–H groups in total. The van der Waals surface area contributed by atoms with E-state index in [9.17, 15) is 9.90 Å². The van der Waals surface area contributed by atoms with E-state index in [-0.39, 0.29) is 5.56 Å². The molecule has 0 aliphatic heterocycles. The first kappa shape index (κ1) is 14.0. The molecule has 0 saturated heterocycles. The minimum atomic E-state index is -0.931. The molecule has 0 bridgehead atoms. The molecule has 4 rings (SSSR count). The highest BCUT2D eigenvalue weighted by atomic mass is 16.4. The Balaban J connectivity index is 1.97. The molecule has 6 heteroatoms. The molecular weight excluding hydrogens is 292 g/mol. The van der Waals surface area contributed by atoms with Gasteiger partial charge in [0, 0.05) is 11.7 Å². The number of nitrogens with zero attached hydrogens (tertiary/aromatic N) is 3. The molecule has 118 valence electrons. The number of nitrogens with one attached hydrogen (secondary N) is 1.